The number of amides is 1. The zero-order valence-electron chi connectivity index (χ0n) is 11.7. The normalized spacial score (nSPS) is 11.1. The van der Waals surface area contributed by atoms with Crippen LogP contribution in [0.2, 0.25) is 0 Å². The van der Waals surface area contributed by atoms with Crippen LogP contribution in [0.25, 0.3) is 0 Å². The predicted molar refractivity (Wildman–Crippen MR) is 79.6 cm³/mol. The fourth-order valence-electron chi connectivity index (χ4n) is 1.65. The first kappa shape index (κ1) is 16.3. The van der Waals surface area contributed by atoms with Crippen molar-refractivity contribution in [2.45, 2.75) is 19.8 Å². The highest BCUT2D eigenvalue weighted by molar-refractivity contribution is 7.92. The van der Waals surface area contributed by atoms with Gasteiger partial charge in [0.15, 0.2) is 9.84 Å². The van der Waals surface area contributed by atoms with Crippen molar-refractivity contribution in [2.75, 3.05) is 29.7 Å². The van der Waals surface area contributed by atoms with E-state index in [1.165, 1.54) is 13.2 Å². The Hall–Kier alpha value is -1.76. The van der Waals surface area contributed by atoms with Crippen LogP contribution in [0.15, 0.2) is 18.2 Å². The number of nitrogens with one attached hydrogen (secondary N) is 1. The Morgan fingerprint density at radius 3 is 2.70 bits per heavy atom. The standard InChI is InChI=1S/C13H20N2O4S/c1-3-4-7-20(17,18)9-13(16)15-11-8-10(14)5-6-12(11)19-2/h5-6,8H,3-4,7,9,14H2,1-2H3,(H,15,16). The average Bonchev–Trinajstić information content (AvgIpc) is 2.36. The van der Waals surface area contributed by atoms with Crippen LogP contribution in [-0.2, 0) is 14.6 Å². The smallest absolute Gasteiger partial charge is 0.239 e. The average molecular weight is 300 g/mol. The molecule has 1 rings (SSSR count). The molecule has 3 N–H and O–H groups in total. The fourth-order valence-corrected chi connectivity index (χ4v) is 2.99. The second-order valence-electron chi connectivity index (χ2n) is 4.45. The van der Waals surface area contributed by atoms with E-state index in [2.05, 4.69) is 5.32 Å². The third kappa shape index (κ3) is 5.08. The number of sulfone groups is 1. The van der Waals surface area contributed by atoms with E-state index < -0.39 is 21.5 Å². The highest BCUT2D eigenvalue weighted by Gasteiger charge is 2.17. The molecule has 0 bridgehead atoms. The SMILES string of the molecule is CCCCS(=O)(=O)CC(=O)Nc1cc(N)ccc1OC. The molecule has 0 fully saturated rings. The fraction of sp³-hybridized carbons (Fsp3) is 0.462. The van der Waals surface area contributed by atoms with Crippen molar-refractivity contribution >= 4 is 27.1 Å². The number of nitrogens with two attached hydrogens (primary N) is 1. The van der Waals surface area contributed by atoms with Gasteiger partial charge in [0.05, 0.1) is 18.6 Å². The van der Waals surface area contributed by atoms with Gasteiger partial charge in [-0.15, -0.1) is 0 Å². The van der Waals surface area contributed by atoms with Crippen LogP contribution in [0.5, 0.6) is 5.75 Å². The molecule has 0 spiro atoms. The Balaban J connectivity index is 2.74. The van der Waals surface area contributed by atoms with Gasteiger partial charge in [0.1, 0.15) is 11.5 Å². The number of methoxy groups -OCH3 is 1. The first-order valence-electron chi connectivity index (χ1n) is 6.31. The van der Waals surface area contributed by atoms with Crippen LogP contribution in [0, 0.1) is 0 Å². The summed E-state index contributed by atoms with van der Waals surface area (Å²) in [5, 5.41) is 2.51. The molecule has 6 nitrogen and oxygen atoms in total. The van der Waals surface area contributed by atoms with Gasteiger partial charge in [-0.2, -0.15) is 0 Å². The molecule has 1 aromatic rings. The van der Waals surface area contributed by atoms with E-state index in [4.69, 9.17) is 10.5 Å². The van der Waals surface area contributed by atoms with Crippen molar-refractivity contribution in [2.24, 2.45) is 0 Å². The van der Waals surface area contributed by atoms with Gasteiger partial charge < -0.3 is 15.8 Å². The summed E-state index contributed by atoms with van der Waals surface area (Å²) >= 11 is 0. The number of carbonyl (C=O) groups excluding carboxylic acids is 1. The molecule has 0 aliphatic heterocycles. The molecule has 20 heavy (non-hydrogen) atoms. The molecule has 0 radical (unpaired) electrons. The molecule has 0 aliphatic rings. The lowest BCUT2D eigenvalue weighted by Gasteiger charge is -2.11. The van der Waals surface area contributed by atoms with E-state index in [1.807, 2.05) is 6.92 Å². The summed E-state index contributed by atoms with van der Waals surface area (Å²) in [6.07, 6.45) is 1.32. The summed E-state index contributed by atoms with van der Waals surface area (Å²) in [7, 11) is -1.92. The molecule has 0 atom stereocenters. The number of hydrogen-bond donors (Lipinski definition) is 2. The summed E-state index contributed by atoms with van der Waals surface area (Å²) < 4.78 is 28.5. The number of ether oxygens (including phenoxy) is 1. The number of benzene rings is 1. The van der Waals surface area contributed by atoms with Gasteiger partial charge in [-0.1, -0.05) is 13.3 Å². The summed E-state index contributed by atoms with van der Waals surface area (Å²) in [4.78, 5) is 11.8. The van der Waals surface area contributed by atoms with Crippen LogP contribution < -0.4 is 15.8 Å². The number of carbonyl (C=O) groups is 1. The summed E-state index contributed by atoms with van der Waals surface area (Å²) in [5.41, 5.74) is 6.44. The van der Waals surface area contributed by atoms with E-state index in [9.17, 15) is 13.2 Å². The Bertz CT molecular complexity index is 570. The molecular weight excluding hydrogens is 280 g/mol. The van der Waals surface area contributed by atoms with Crippen molar-refractivity contribution in [3.63, 3.8) is 0 Å². The van der Waals surface area contributed by atoms with Gasteiger partial charge in [-0.25, -0.2) is 8.42 Å². The maximum Gasteiger partial charge on any atom is 0.239 e. The largest absolute Gasteiger partial charge is 0.495 e. The number of nitrogen functional groups attached to an aromatic ring is 1. The molecule has 1 aromatic carbocycles. The van der Waals surface area contributed by atoms with Crippen LogP contribution >= 0.6 is 0 Å². The maximum absolute atomic E-state index is 11.8. The lowest BCUT2D eigenvalue weighted by atomic mass is 10.2. The maximum atomic E-state index is 11.8. The summed E-state index contributed by atoms with van der Waals surface area (Å²) in [5.74, 6) is -0.681. The number of rotatable bonds is 7. The minimum Gasteiger partial charge on any atom is -0.495 e. The zero-order chi connectivity index (χ0) is 15.2. The lowest BCUT2D eigenvalue weighted by molar-refractivity contribution is -0.113. The molecular formula is C13H20N2O4S. The highest BCUT2D eigenvalue weighted by atomic mass is 32.2. The molecule has 0 saturated heterocycles. The monoisotopic (exact) mass is 300 g/mol. The van der Waals surface area contributed by atoms with Crippen molar-refractivity contribution in [1.29, 1.82) is 0 Å². The van der Waals surface area contributed by atoms with Gasteiger partial charge in [0.25, 0.3) is 0 Å². The van der Waals surface area contributed by atoms with E-state index in [0.717, 1.165) is 6.42 Å². The van der Waals surface area contributed by atoms with Gasteiger partial charge in [-0.3, -0.25) is 4.79 Å². The molecule has 0 aliphatic carbocycles. The lowest BCUT2D eigenvalue weighted by Crippen LogP contribution is -2.25. The molecule has 1 amide bonds. The molecule has 112 valence electrons. The Morgan fingerprint density at radius 2 is 2.10 bits per heavy atom. The Labute approximate surface area is 119 Å². The topological polar surface area (TPSA) is 98.5 Å². The van der Waals surface area contributed by atoms with Gasteiger partial charge in [0.2, 0.25) is 5.91 Å². The van der Waals surface area contributed by atoms with Gasteiger partial charge in [0, 0.05) is 5.69 Å². The van der Waals surface area contributed by atoms with Gasteiger partial charge in [-0.05, 0) is 24.6 Å². The van der Waals surface area contributed by atoms with Crippen LogP contribution in [0.3, 0.4) is 0 Å². The minimum absolute atomic E-state index is 0.0188. The summed E-state index contributed by atoms with van der Waals surface area (Å²) in [6, 6.07) is 4.76. The second-order valence-corrected chi connectivity index (χ2v) is 6.64. The van der Waals surface area contributed by atoms with Crippen molar-refractivity contribution in [3.05, 3.63) is 18.2 Å². The van der Waals surface area contributed by atoms with Crippen LogP contribution in [0.4, 0.5) is 11.4 Å². The first-order chi connectivity index (χ1) is 9.38. The van der Waals surface area contributed by atoms with Crippen molar-refractivity contribution in [3.8, 4) is 5.75 Å². The van der Waals surface area contributed by atoms with Crippen molar-refractivity contribution in [1.82, 2.24) is 0 Å². The Kier molecular flexibility index (Phi) is 5.82. The molecule has 0 heterocycles. The predicted octanol–water partition coefficient (Wildman–Crippen LogP) is 1.43. The summed E-state index contributed by atoms with van der Waals surface area (Å²) in [6.45, 7) is 1.90. The molecule has 0 unspecified atom stereocenters. The first-order valence-corrected chi connectivity index (χ1v) is 8.14. The number of hydrogen-bond acceptors (Lipinski definition) is 5. The molecule has 7 heteroatoms. The number of unbranched alkanes of at least 4 members (excludes halogenated alkanes) is 1. The third-order valence-corrected chi connectivity index (χ3v) is 4.27. The molecule has 0 saturated carbocycles. The Morgan fingerprint density at radius 1 is 1.40 bits per heavy atom. The van der Waals surface area contributed by atoms with E-state index in [-0.39, 0.29) is 5.75 Å². The zero-order valence-corrected chi connectivity index (χ0v) is 12.5. The van der Waals surface area contributed by atoms with Gasteiger partial charge >= 0.3 is 0 Å². The van der Waals surface area contributed by atoms with Crippen LogP contribution in [-0.4, -0.2) is 32.9 Å². The van der Waals surface area contributed by atoms with Crippen molar-refractivity contribution < 1.29 is 17.9 Å². The third-order valence-electron chi connectivity index (χ3n) is 2.66. The minimum atomic E-state index is -3.38. The van der Waals surface area contributed by atoms with E-state index >= 15 is 0 Å². The van der Waals surface area contributed by atoms with E-state index in [1.54, 1.807) is 12.1 Å². The highest BCUT2D eigenvalue weighted by Crippen LogP contribution is 2.26. The quantitative estimate of drug-likeness (QED) is 0.742. The molecule has 0 aromatic heterocycles. The second kappa shape index (κ2) is 7.14. The van der Waals surface area contributed by atoms with E-state index in [0.29, 0.717) is 23.5 Å². The number of anilines is 2. The van der Waals surface area contributed by atoms with Crippen LogP contribution in [0.1, 0.15) is 19.8 Å².